The molecule has 0 radical (unpaired) electrons. The van der Waals surface area contributed by atoms with Gasteiger partial charge in [0.25, 0.3) is 0 Å². The van der Waals surface area contributed by atoms with Crippen LogP contribution in [0.3, 0.4) is 0 Å². The number of hydrogen-bond donors (Lipinski definition) is 2. The number of esters is 1. The molecule has 36 heavy (non-hydrogen) atoms. The molecular weight excluding hydrogens is 569 g/mol. The predicted octanol–water partition coefficient (Wildman–Crippen LogP) is 4.03. The zero-order valence-corrected chi connectivity index (χ0v) is 22.2. The number of ether oxygens (including phenoxy) is 1. The maximum atomic E-state index is 13.7. The van der Waals surface area contributed by atoms with Crippen LogP contribution in [0.15, 0.2) is 91.0 Å². The number of ketones is 1. The van der Waals surface area contributed by atoms with E-state index in [0.29, 0.717) is 0 Å². The first kappa shape index (κ1) is 25.9. The van der Waals surface area contributed by atoms with Crippen LogP contribution >= 0.6 is 20.7 Å². The van der Waals surface area contributed by atoms with Crippen molar-refractivity contribution in [3.8, 4) is 0 Å². The molecule has 1 aliphatic rings. The number of carbonyl (C=O) groups is 3. The minimum atomic E-state index is -1.16. The number of carbonyl (C=O) groups excluding carboxylic acids is 3. The van der Waals surface area contributed by atoms with Gasteiger partial charge in [-0.25, -0.2) is 4.79 Å². The van der Waals surface area contributed by atoms with E-state index < -0.39 is 56.8 Å². The van der Waals surface area contributed by atoms with Gasteiger partial charge in [0, 0.05) is 9.49 Å². The Balaban J connectivity index is 1.67. The fraction of sp³-hybridized carbons (Fsp3) is 0.241. The van der Waals surface area contributed by atoms with Crippen LogP contribution in [0.25, 0.3) is 0 Å². The van der Waals surface area contributed by atoms with E-state index in [4.69, 9.17) is 4.74 Å². The van der Waals surface area contributed by atoms with E-state index in [0.717, 1.165) is 14.7 Å². The number of nitrogens with one attached hydrogen (secondary N) is 1. The summed E-state index contributed by atoms with van der Waals surface area (Å²) in [5.74, 6) is -2.66. The fourth-order valence-electron chi connectivity index (χ4n) is 4.25. The molecule has 0 spiro atoms. The van der Waals surface area contributed by atoms with Gasteiger partial charge < -0.3 is 15.2 Å². The number of Topliss-reactive ketones (excluding diaryl/α,β-unsaturated/α-hetero) is 1. The van der Waals surface area contributed by atoms with Gasteiger partial charge in [0.15, 0.2) is 11.9 Å². The van der Waals surface area contributed by atoms with Crippen LogP contribution in [-0.4, -0.2) is 38.4 Å². The molecule has 1 heterocycles. The Hall–Kier alpha value is -3.17. The molecule has 7 heteroatoms. The molecule has 6 nitrogen and oxygen atoms in total. The van der Waals surface area contributed by atoms with Crippen LogP contribution in [0.4, 0.5) is 0 Å². The summed E-state index contributed by atoms with van der Waals surface area (Å²) in [7, 11) is 0. The number of amides is 1. The monoisotopic (exact) mass is 597 g/mol. The summed E-state index contributed by atoms with van der Waals surface area (Å²) in [6.07, 6.45) is -1.56. The van der Waals surface area contributed by atoms with E-state index in [1.807, 2.05) is 91.0 Å². The Bertz CT molecular complexity index is 1200. The van der Waals surface area contributed by atoms with Gasteiger partial charge in [0.05, 0.1) is 18.1 Å². The Kier molecular flexibility index (Phi) is 8.43. The van der Waals surface area contributed by atoms with Gasteiger partial charge in [-0.2, -0.15) is 0 Å². The number of hydrogen-bond acceptors (Lipinski definition) is 5. The van der Waals surface area contributed by atoms with E-state index in [1.54, 1.807) is 6.92 Å². The van der Waals surface area contributed by atoms with E-state index in [9.17, 15) is 19.5 Å². The van der Waals surface area contributed by atoms with Crippen LogP contribution in [-0.2, 0) is 19.1 Å². The SMILES string of the molecule is C[C@@H](O)[C@H]1C(=O)N[C@@H]1[C@@H](C)C(=O)C(=Ic1ccccc1)C(=O)OC(c1ccccc1)c1ccccc1. The van der Waals surface area contributed by atoms with Crippen molar-refractivity contribution in [1.82, 2.24) is 5.32 Å². The van der Waals surface area contributed by atoms with Gasteiger partial charge in [0.1, 0.15) is 3.51 Å². The standard InChI is InChI=1S/C29H28INO5/c1-18(25-23(19(2)32)28(34)31-25)26(33)24(30-22-16-10-5-11-17-22)29(35)36-27(20-12-6-3-7-13-20)21-14-8-4-9-15-21/h3-19,23,25,27,32H,1-2H3,(H,31,34)/t18-,19-,23-,25-/m1/s1. The zero-order valence-electron chi connectivity index (χ0n) is 20.0. The molecule has 0 aromatic heterocycles. The lowest BCUT2D eigenvalue weighted by Gasteiger charge is -2.41. The summed E-state index contributed by atoms with van der Waals surface area (Å²) in [6.45, 7) is 3.23. The van der Waals surface area contributed by atoms with Crippen molar-refractivity contribution in [1.29, 1.82) is 0 Å². The molecule has 1 aliphatic heterocycles. The van der Waals surface area contributed by atoms with Crippen molar-refractivity contribution in [2.45, 2.75) is 32.1 Å². The maximum absolute atomic E-state index is 13.7. The van der Waals surface area contributed by atoms with Gasteiger partial charge in [-0.05, 0) is 30.2 Å². The fourth-order valence-corrected chi connectivity index (χ4v) is 6.75. The second-order valence-electron chi connectivity index (χ2n) is 8.76. The van der Waals surface area contributed by atoms with Crippen molar-refractivity contribution in [3.05, 3.63) is 106 Å². The molecule has 186 valence electrons. The van der Waals surface area contributed by atoms with Gasteiger partial charge >= 0.3 is 5.97 Å². The van der Waals surface area contributed by atoms with Crippen molar-refractivity contribution in [3.63, 3.8) is 0 Å². The first-order chi connectivity index (χ1) is 17.4. The summed E-state index contributed by atoms with van der Waals surface area (Å²) in [5.41, 5.74) is 1.60. The number of benzene rings is 3. The van der Waals surface area contributed by atoms with E-state index in [1.165, 1.54) is 6.92 Å². The number of aliphatic hydroxyl groups is 1. The molecular formula is C29H28INO5. The molecule has 1 amide bonds. The van der Waals surface area contributed by atoms with Crippen molar-refractivity contribution in [2.24, 2.45) is 11.8 Å². The van der Waals surface area contributed by atoms with Crippen LogP contribution < -0.4 is 5.32 Å². The first-order valence-electron chi connectivity index (χ1n) is 11.8. The number of aliphatic hydroxyl groups excluding tert-OH is 1. The lowest BCUT2D eigenvalue weighted by Crippen LogP contribution is -2.65. The van der Waals surface area contributed by atoms with Gasteiger partial charge in [-0.15, -0.1) is 0 Å². The summed E-state index contributed by atoms with van der Waals surface area (Å²) in [5, 5.41) is 12.8. The summed E-state index contributed by atoms with van der Waals surface area (Å²) >= 11 is -1.16. The van der Waals surface area contributed by atoms with Crippen molar-refractivity contribution >= 4 is 41.9 Å². The molecule has 0 aliphatic carbocycles. The molecule has 3 aromatic carbocycles. The quantitative estimate of drug-likeness (QED) is 0.168. The molecule has 1 fully saturated rings. The largest absolute Gasteiger partial charge is 0.449 e. The van der Waals surface area contributed by atoms with Gasteiger partial charge in [-0.1, -0.05) is 107 Å². The molecule has 0 bridgehead atoms. The van der Waals surface area contributed by atoms with E-state index in [-0.39, 0.29) is 15.2 Å². The lowest BCUT2D eigenvalue weighted by atomic mass is 9.77. The Morgan fingerprint density at radius 2 is 1.36 bits per heavy atom. The highest BCUT2D eigenvalue weighted by Gasteiger charge is 2.48. The van der Waals surface area contributed by atoms with Crippen molar-refractivity contribution in [2.75, 3.05) is 0 Å². The first-order valence-corrected chi connectivity index (χ1v) is 13.9. The normalized spacial score (nSPS) is 19.3. The highest BCUT2D eigenvalue weighted by atomic mass is 127. The predicted molar refractivity (Wildman–Crippen MR) is 146 cm³/mol. The van der Waals surface area contributed by atoms with Crippen LogP contribution in [0.5, 0.6) is 0 Å². The topological polar surface area (TPSA) is 92.7 Å². The van der Waals surface area contributed by atoms with Crippen LogP contribution in [0, 0.1) is 15.4 Å². The Morgan fingerprint density at radius 3 is 1.83 bits per heavy atom. The molecule has 3 aromatic rings. The smallest absolute Gasteiger partial charge is 0.348 e. The zero-order chi connectivity index (χ0) is 25.7. The Morgan fingerprint density at radius 1 is 0.861 bits per heavy atom. The maximum Gasteiger partial charge on any atom is 0.348 e. The summed E-state index contributed by atoms with van der Waals surface area (Å²) < 4.78 is 7.08. The molecule has 2 N–H and O–H groups in total. The van der Waals surface area contributed by atoms with Crippen LogP contribution in [0.1, 0.15) is 31.1 Å². The highest BCUT2D eigenvalue weighted by Crippen LogP contribution is 2.30. The average Bonchev–Trinajstić information content (AvgIpc) is 2.89. The summed E-state index contributed by atoms with van der Waals surface area (Å²) in [4.78, 5) is 39.4. The van der Waals surface area contributed by atoms with Crippen LogP contribution in [0.2, 0.25) is 0 Å². The third kappa shape index (κ3) is 5.79. The Labute approximate surface area is 220 Å². The van der Waals surface area contributed by atoms with Gasteiger partial charge in [-0.3, -0.25) is 9.59 Å². The molecule has 1 saturated heterocycles. The molecule has 4 rings (SSSR count). The highest BCUT2D eigenvalue weighted by molar-refractivity contribution is 14.2. The minimum absolute atomic E-state index is 0.120. The molecule has 0 saturated carbocycles. The number of β-lactam (4-membered cyclic amide) rings is 1. The minimum Gasteiger partial charge on any atom is -0.449 e. The average molecular weight is 597 g/mol. The van der Waals surface area contributed by atoms with Gasteiger partial charge in [0.2, 0.25) is 5.91 Å². The molecule has 0 unspecified atom stereocenters. The third-order valence-electron chi connectivity index (χ3n) is 6.23. The number of halogens is 1. The van der Waals surface area contributed by atoms with E-state index >= 15 is 0 Å². The van der Waals surface area contributed by atoms with E-state index in [2.05, 4.69) is 5.32 Å². The number of rotatable bonds is 9. The second kappa shape index (κ2) is 11.7. The second-order valence-corrected chi connectivity index (χ2v) is 11.6. The third-order valence-corrected chi connectivity index (χ3v) is 9.09. The summed E-state index contributed by atoms with van der Waals surface area (Å²) in [6, 6.07) is 27.7. The van der Waals surface area contributed by atoms with Crippen molar-refractivity contribution < 1.29 is 24.2 Å². The molecule has 4 atom stereocenters. The lowest BCUT2D eigenvalue weighted by molar-refractivity contribution is -0.143.